The number of nitrogens with zero attached hydrogens (tertiary/aromatic N) is 1. The lowest BCUT2D eigenvalue weighted by Gasteiger charge is -2.09. The van der Waals surface area contributed by atoms with Crippen molar-refractivity contribution in [3.63, 3.8) is 0 Å². The first-order chi connectivity index (χ1) is 9.66. The molecule has 0 aliphatic carbocycles. The first-order valence-electron chi connectivity index (χ1n) is 6.22. The SMILES string of the molecule is Cc1ccccc1OCCOc1cccc([N+](=O)[O-])c1. The predicted octanol–water partition coefficient (Wildman–Crippen LogP) is 3.36. The average molecular weight is 273 g/mol. The molecule has 2 aromatic carbocycles. The Balaban J connectivity index is 1.83. The highest BCUT2D eigenvalue weighted by Gasteiger charge is 2.06. The summed E-state index contributed by atoms with van der Waals surface area (Å²) in [6.07, 6.45) is 0. The number of rotatable bonds is 6. The molecule has 0 radical (unpaired) electrons. The molecule has 0 N–H and O–H groups in total. The third kappa shape index (κ3) is 3.71. The minimum atomic E-state index is -0.448. The van der Waals surface area contributed by atoms with E-state index < -0.39 is 4.92 Å². The molecule has 0 aliphatic rings. The van der Waals surface area contributed by atoms with E-state index in [4.69, 9.17) is 9.47 Å². The maximum atomic E-state index is 10.6. The molecule has 0 atom stereocenters. The highest BCUT2D eigenvalue weighted by atomic mass is 16.6. The molecular formula is C15H15NO4. The van der Waals surface area contributed by atoms with Gasteiger partial charge >= 0.3 is 0 Å². The molecule has 5 nitrogen and oxygen atoms in total. The van der Waals surface area contributed by atoms with E-state index in [1.165, 1.54) is 12.1 Å². The zero-order valence-corrected chi connectivity index (χ0v) is 11.1. The summed E-state index contributed by atoms with van der Waals surface area (Å²) in [5.74, 6) is 1.28. The fourth-order valence-electron chi connectivity index (χ4n) is 1.72. The van der Waals surface area contributed by atoms with Crippen LogP contribution in [0, 0.1) is 17.0 Å². The van der Waals surface area contributed by atoms with Gasteiger partial charge in [0.2, 0.25) is 0 Å². The van der Waals surface area contributed by atoms with E-state index in [0.29, 0.717) is 19.0 Å². The lowest BCUT2D eigenvalue weighted by atomic mass is 10.2. The summed E-state index contributed by atoms with van der Waals surface area (Å²) < 4.78 is 11.0. The van der Waals surface area contributed by atoms with E-state index in [1.807, 2.05) is 31.2 Å². The molecule has 0 saturated heterocycles. The van der Waals surface area contributed by atoms with E-state index in [1.54, 1.807) is 12.1 Å². The standard InChI is InChI=1S/C15H15NO4/c1-12-5-2-3-8-15(12)20-10-9-19-14-7-4-6-13(11-14)16(17)18/h2-8,11H,9-10H2,1H3. The second-order valence-electron chi connectivity index (χ2n) is 4.22. The number of nitro benzene ring substituents is 1. The van der Waals surface area contributed by atoms with Crippen LogP contribution in [0.1, 0.15) is 5.56 Å². The normalized spacial score (nSPS) is 10.1. The van der Waals surface area contributed by atoms with Crippen LogP contribution in [0.3, 0.4) is 0 Å². The molecule has 0 amide bonds. The van der Waals surface area contributed by atoms with Crippen molar-refractivity contribution in [2.24, 2.45) is 0 Å². The Hall–Kier alpha value is -2.56. The molecule has 0 heterocycles. The van der Waals surface area contributed by atoms with Crippen molar-refractivity contribution in [3.05, 3.63) is 64.2 Å². The summed E-state index contributed by atoms with van der Waals surface area (Å²) in [6, 6.07) is 13.8. The Morgan fingerprint density at radius 2 is 1.80 bits per heavy atom. The van der Waals surface area contributed by atoms with Crippen LogP contribution in [0.4, 0.5) is 5.69 Å². The molecule has 2 rings (SSSR count). The summed E-state index contributed by atoms with van der Waals surface area (Å²) in [5.41, 5.74) is 1.07. The maximum absolute atomic E-state index is 10.6. The topological polar surface area (TPSA) is 61.6 Å². The van der Waals surface area contributed by atoms with Crippen molar-refractivity contribution in [1.82, 2.24) is 0 Å². The third-order valence-electron chi connectivity index (χ3n) is 2.73. The van der Waals surface area contributed by atoms with Crippen LogP contribution >= 0.6 is 0 Å². The van der Waals surface area contributed by atoms with Crippen LogP contribution in [0.5, 0.6) is 11.5 Å². The molecule has 20 heavy (non-hydrogen) atoms. The van der Waals surface area contributed by atoms with Crippen LogP contribution in [-0.2, 0) is 0 Å². The zero-order chi connectivity index (χ0) is 14.4. The number of aryl methyl sites for hydroxylation is 1. The molecule has 5 heteroatoms. The second-order valence-corrected chi connectivity index (χ2v) is 4.22. The second kappa shape index (κ2) is 6.56. The number of nitro groups is 1. The summed E-state index contributed by atoms with van der Waals surface area (Å²) in [7, 11) is 0. The Morgan fingerprint density at radius 3 is 2.55 bits per heavy atom. The van der Waals surface area contributed by atoms with Crippen molar-refractivity contribution in [2.75, 3.05) is 13.2 Å². The minimum absolute atomic E-state index is 0.0160. The van der Waals surface area contributed by atoms with E-state index >= 15 is 0 Å². The van der Waals surface area contributed by atoms with Crippen molar-refractivity contribution in [1.29, 1.82) is 0 Å². The van der Waals surface area contributed by atoms with Gasteiger partial charge in [-0.05, 0) is 24.6 Å². The number of hydrogen-bond donors (Lipinski definition) is 0. The molecule has 104 valence electrons. The fourth-order valence-corrected chi connectivity index (χ4v) is 1.72. The minimum Gasteiger partial charge on any atom is -0.490 e. The number of ether oxygens (including phenoxy) is 2. The maximum Gasteiger partial charge on any atom is 0.273 e. The Labute approximate surface area is 116 Å². The molecule has 0 unspecified atom stereocenters. The first-order valence-corrected chi connectivity index (χ1v) is 6.22. The Bertz CT molecular complexity index is 598. The van der Waals surface area contributed by atoms with Crippen LogP contribution in [0.15, 0.2) is 48.5 Å². The molecule has 0 bridgehead atoms. The van der Waals surface area contributed by atoms with E-state index in [0.717, 1.165) is 11.3 Å². The molecule has 2 aromatic rings. The lowest BCUT2D eigenvalue weighted by molar-refractivity contribution is -0.384. The van der Waals surface area contributed by atoms with Crippen LogP contribution in [-0.4, -0.2) is 18.1 Å². The van der Waals surface area contributed by atoms with Crippen LogP contribution < -0.4 is 9.47 Å². The van der Waals surface area contributed by atoms with Crippen LogP contribution in [0.2, 0.25) is 0 Å². The predicted molar refractivity (Wildman–Crippen MR) is 75.3 cm³/mol. The Morgan fingerprint density at radius 1 is 1.05 bits per heavy atom. The van der Waals surface area contributed by atoms with Crippen LogP contribution in [0.25, 0.3) is 0 Å². The van der Waals surface area contributed by atoms with Crippen molar-refractivity contribution < 1.29 is 14.4 Å². The Kier molecular flexibility index (Phi) is 4.55. The molecule has 0 aromatic heterocycles. The van der Waals surface area contributed by atoms with Crippen molar-refractivity contribution in [2.45, 2.75) is 6.92 Å². The largest absolute Gasteiger partial charge is 0.490 e. The van der Waals surface area contributed by atoms with E-state index in [-0.39, 0.29) is 5.69 Å². The van der Waals surface area contributed by atoms with Gasteiger partial charge in [-0.15, -0.1) is 0 Å². The van der Waals surface area contributed by atoms with E-state index in [9.17, 15) is 10.1 Å². The highest BCUT2D eigenvalue weighted by molar-refractivity contribution is 5.38. The lowest BCUT2D eigenvalue weighted by Crippen LogP contribution is -2.09. The number of non-ortho nitro benzene ring substituents is 1. The van der Waals surface area contributed by atoms with Gasteiger partial charge in [-0.25, -0.2) is 0 Å². The van der Waals surface area contributed by atoms with Gasteiger partial charge in [0.1, 0.15) is 24.7 Å². The van der Waals surface area contributed by atoms with Gasteiger partial charge in [-0.3, -0.25) is 10.1 Å². The van der Waals surface area contributed by atoms with Gasteiger partial charge < -0.3 is 9.47 Å². The fraction of sp³-hybridized carbons (Fsp3) is 0.200. The molecule has 0 saturated carbocycles. The summed E-state index contributed by atoms with van der Waals surface area (Å²) >= 11 is 0. The summed E-state index contributed by atoms with van der Waals surface area (Å²) in [6.45, 7) is 2.68. The monoisotopic (exact) mass is 273 g/mol. The summed E-state index contributed by atoms with van der Waals surface area (Å²) in [4.78, 5) is 10.2. The van der Waals surface area contributed by atoms with Gasteiger partial charge in [0.25, 0.3) is 5.69 Å². The molecule has 0 aliphatic heterocycles. The zero-order valence-electron chi connectivity index (χ0n) is 11.1. The van der Waals surface area contributed by atoms with Gasteiger partial charge in [-0.2, -0.15) is 0 Å². The van der Waals surface area contributed by atoms with Crippen molar-refractivity contribution >= 4 is 5.69 Å². The van der Waals surface area contributed by atoms with E-state index in [2.05, 4.69) is 0 Å². The van der Waals surface area contributed by atoms with Crippen molar-refractivity contribution in [3.8, 4) is 11.5 Å². The van der Waals surface area contributed by atoms with Gasteiger partial charge in [0.05, 0.1) is 11.0 Å². The first kappa shape index (κ1) is 13.9. The van der Waals surface area contributed by atoms with Gasteiger partial charge in [-0.1, -0.05) is 24.3 Å². The summed E-state index contributed by atoms with van der Waals surface area (Å²) in [5, 5.41) is 10.6. The van der Waals surface area contributed by atoms with Gasteiger partial charge in [0, 0.05) is 6.07 Å². The number of hydrogen-bond acceptors (Lipinski definition) is 4. The molecule has 0 spiro atoms. The van der Waals surface area contributed by atoms with Gasteiger partial charge in [0.15, 0.2) is 0 Å². The smallest absolute Gasteiger partial charge is 0.273 e. The number of benzene rings is 2. The molecular weight excluding hydrogens is 258 g/mol. The number of para-hydroxylation sites is 1. The highest BCUT2D eigenvalue weighted by Crippen LogP contribution is 2.19. The third-order valence-corrected chi connectivity index (χ3v) is 2.73. The quantitative estimate of drug-likeness (QED) is 0.460. The average Bonchev–Trinajstić information content (AvgIpc) is 2.45. The molecule has 0 fully saturated rings.